The summed E-state index contributed by atoms with van der Waals surface area (Å²) >= 11 is 13.4. The number of carbonyl (C=O) groups is 1. The molecule has 0 saturated carbocycles. The minimum atomic E-state index is -0.499. The van der Waals surface area contributed by atoms with Gasteiger partial charge >= 0.3 is 5.69 Å². The second kappa shape index (κ2) is 8.26. The summed E-state index contributed by atoms with van der Waals surface area (Å²) in [6.07, 6.45) is 2.23. The van der Waals surface area contributed by atoms with Gasteiger partial charge in [-0.05, 0) is 31.5 Å². The molecule has 1 aromatic carbocycles. The summed E-state index contributed by atoms with van der Waals surface area (Å²) in [6.45, 7) is 2.95. The SMILES string of the molecule is Cc1nn(CC(=O)Nc2ncc(Cc3ccc(Cl)cc3Cl)s2)c(C)c1[N+](=O)[O-]. The van der Waals surface area contributed by atoms with Crippen molar-refractivity contribution in [1.82, 2.24) is 14.8 Å². The van der Waals surface area contributed by atoms with Crippen molar-refractivity contribution in [3.05, 3.63) is 66.4 Å². The van der Waals surface area contributed by atoms with E-state index in [1.54, 1.807) is 25.3 Å². The zero-order valence-electron chi connectivity index (χ0n) is 14.9. The molecule has 0 aliphatic carbocycles. The molecule has 1 amide bonds. The fraction of sp³-hybridized carbons (Fsp3) is 0.235. The molecule has 3 rings (SSSR count). The maximum absolute atomic E-state index is 12.3. The zero-order chi connectivity index (χ0) is 20.4. The van der Waals surface area contributed by atoms with Crippen LogP contribution >= 0.6 is 34.5 Å². The van der Waals surface area contributed by atoms with Gasteiger partial charge < -0.3 is 5.32 Å². The van der Waals surface area contributed by atoms with Crippen molar-refractivity contribution in [2.45, 2.75) is 26.8 Å². The molecule has 28 heavy (non-hydrogen) atoms. The monoisotopic (exact) mass is 439 g/mol. The van der Waals surface area contributed by atoms with Crippen LogP contribution in [-0.2, 0) is 17.8 Å². The van der Waals surface area contributed by atoms with Crippen LogP contribution in [0, 0.1) is 24.0 Å². The molecule has 0 aliphatic heterocycles. The Hall–Kier alpha value is -2.49. The largest absolute Gasteiger partial charge is 0.312 e. The van der Waals surface area contributed by atoms with Crippen LogP contribution in [0.2, 0.25) is 10.0 Å². The van der Waals surface area contributed by atoms with Gasteiger partial charge in [-0.15, -0.1) is 11.3 Å². The molecule has 146 valence electrons. The first kappa shape index (κ1) is 20.2. The maximum atomic E-state index is 12.3. The van der Waals surface area contributed by atoms with Gasteiger partial charge in [0.05, 0.1) is 4.92 Å². The Morgan fingerprint density at radius 3 is 2.75 bits per heavy atom. The van der Waals surface area contributed by atoms with Crippen LogP contribution in [0.25, 0.3) is 0 Å². The highest BCUT2D eigenvalue weighted by Gasteiger charge is 2.23. The minimum Gasteiger partial charge on any atom is -0.300 e. The first-order valence-electron chi connectivity index (χ1n) is 8.11. The van der Waals surface area contributed by atoms with Gasteiger partial charge in [0, 0.05) is 27.5 Å². The van der Waals surface area contributed by atoms with Gasteiger partial charge in [-0.2, -0.15) is 5.10 Å². The summed E-state index contributed by atoms with van der Waals surface area (Å²) in [5.41, 5.74) is 1.42. The molecule has 0 atom stereocenters. The number of aromatic nitrogens is 3. The van der Waals surface area contributed by atoms with Gasteiger partial charge in [0.15, 0.2) is 5.13 Å². The van der Waals surface area contributed by atoms with E-state index in [9.17, 15) is 14.9 Å². The fourth-order valence-corrected chi connectivity index (χ4v) is 4.03. The number of halogens is 2. The highest BCUT2D eigenvalue weighted by atomic mass is 35.5. The molecular formula is C17H15Cl2N5O3S. The number of carbonyl (C=O) groups excluding carboxylic acids is 1. The highest BCUT2D eigenvalue weighted by Crippen LogP contribution is 2.27. The molecule has 0 spiro atoms. The number of rotatable bonds is 6. The Labute approximate surface area is 174 Å². The highest BCUT2D eigenvalue weighted by molar-refractivity contribution is 7.15. The Kier molecular flexibility index (Phi) is 5.97. The lowest BCUT2D eigenvalue weighted by Crippen LogP contribution is -2.20. The number of thiazole rings is 1. The number of benzene rings is 1. The van der Waals surface area contributed by atoms with Crippen molar-refractivity contribution in [3.63, 3.8) is 0 Å². The first-order valence-corrected chi connectivity index (χ1v) is 9.68. The van der Waals surface area contributed by atoms with Gasteiger partial charge in [0.25, 0.3) is 0 Å². The number of aryl methyl sites for hydroxylation is 1. The Morgan fingerprint density at radius 2 is 2.11 bits per heavy atom. The quantitative estimate of drug-likeness (QED) is 0.452. The molecule has 0 aliphatic rings. The normalized spacial score (nSPS) is 10.9. The van der Waals surface area contributed by atoms with Gasteiger partial charge in [0.1, 0.15) is 17.9 Å². The summed E-state index contributed by atoms with van der Waals surface area (Å²) < 4.78 is 1.31. The molecule has 0 radical (unpaired) electrons. The Morgan fingerprint density at radius 1 is 1.36 bits per heavy atom. The number of hydrogen-bond acceptors (Lipinski definition) is 6. The fourth-order valence-electron chi connectivity index (χ4n) is 2.70. The Balaban J connectivity index is 1.66. The van der Waals surface area contributed by atoms with Gasteiger partial charge in [-0.1, -0.05) is 29.3 Å². The van der Waals surface area contributed by atoms with Crippen molar-refractivity contribution in [3.8, 4) is 0 Å². The average Bonchev–Trinajstić information content (AvgIpc) is 3.14. The first-order chi connectivity index (χ1) is 13.2. The molecule has 0 unspecified atom stereocenters. The predicted molar refractivity (Wildman–Crippen MR) is 108 cm³/mol. The van der Waals surface area contributed by atoms with Crippen LogP contribution in [-0.4, -0.2) is 25.6 Å². The molecule has 2 heterocycles. The molecule has 2 aromatic heterocycles. The summed E-state index contributed by atoms with van der Waals surface area (Å²) in [5.74, 6) is -0.370. The topological polar surface area (TPSA) is 103 Å². The number of amides is 1. The van der Waals surface area contributed by atoms with Crippen LogP contribution in [0.15, 0.2) is 24.4 Å². The van der Waals surface area contributed by atoms with Crippen LogP contribution < -0.4 is 5.32 Å². The van der Waals surface area contributed by atoms with E-state index >= 15 is 0 Å². The van der Waals surface area contributed by atoms with E-state index in [4.69, 9.17) is 23.2 Å². The minimum absolute atomic E-state index is 0.0795. The molecule has 3 aromatic rings. The number of hydrogen-bond donors (Lipinski definition) is 1. The van der Waals surface area contributed by atoms with E-state index in [1.807, 2.05) is 6.07 Å². The lowest BCUT2D eigenvalue weighted by molar-refractivity contribution is -0.386. The van der Waals surface area contributed by atoms with Crippen molar-refractivity contribution in [2.75, 3.05) is 5.32 Å². The van der Waals surface area contributed by atoms with E-state index in [-0.39, 0.29) is 23.8 Å². The number of nitrogens with zero attached hydrogens (tertiary/aromatic N) is 4. The van der Waals surface area contributed by atoms with Gasteiger partial charge in [0.2, 0.25) is 5.91 Å². The maximum Gasteiger partial charge on any atom is 0.312 e. The van der Waals surface area contributed by atoms with E-state index < -0.39 is 4.92 Å². The van der Waals surface area contributed by atoms with E-state index in [0.717, 1.165) is 10.4 Å². The van der Waals surface area contributed by atoms with Crippen molar-refractivity contribution in [2.24, 2.45) is 0 Å². The van der Waals surface area contributed by atoms with E-state index in [1.165, 1.54) is 22.9 Å². The van der Waals surface area contributed by atoms with Crippen molar-refractivity contribution < 1.29 is 9.72 Å². The molecule has 0 saturated heterocycles. The lowest BCUT2D eigenvalue weighted by atomic mass is 10.1. The van der Waals surface area contributed by atoms with Gasteiger partial charge in [-0.25, -0.2) is 4.98 Å². The molecule has 1 N–H and O–H groups in total. The summed E-state index contributed by atoms with van der Waals surface area (Å²) in [5, 5.41) is 19.4. The third-order valence-electron chi connectivity index (χ3n) is 4.00. The second-order valence-electron chi connectivity index (χ2n) is 6.03. The third-order valence-corrected chi connectivity index (χ3v) is 5.50. The number of nitro groups is 1. The number of nitrogens with one attached hydrogen (secondary N) is 1. The van der Waals surface area contributed by atoms with E-state index in [2.05, 4.69) is 15.4 Å². The molecule has 0 fully saturated rings. The number of anilines is 1. The van der Waals surface area contributed by atoms with Gasteiger partial charge in [-0.3, -0.25) is 19.6 Å². The summed E-state index contributed by atoms with van der Waals surface area (Å²) in [6, 6.07) is 5.29. The smallest absolute Gasteiger partial charge is 0.300 e. The summed E-state index contributed by atoms with van der Waals surface area (Å²) in [7, 11) is 0. The van der Waals surface area contributed by atoms with Crippen LogP contribution in [0.5, 0.6) is 0 Å². The lowest BCUT2D eigenvalue weighted by Gasteiger charge is -2.04. The average molecular weight is 440 g/mol. The molecule has 11 heteroatoms. The molecule has 0 bridgehead atoms. The molecular weight excluding hydrogens is 425 g/mol. The Bertz CT molecular complexity index is 1060. The predicted octanol–water partition coefficient (Wildman–Crippen LogP) is 4.40. The molecule has 8 nitrogen and oxygen atoms in total. The van der Waals surface area contributed by atoms with Crippen LogP contribution in [0.1, 0.15) is 21.8 Å². The zero-order valence-corrected chi connectivity index (χ0v) is 17.2. The summed E-state index contributed by atoms with van der Waals surface area (Å²) in [4.78, 5) is 27.9. The third kappa shape index (κ3) is 4.49. The standard InChI is InChI=1S/C17H15Cl2N5O3S/c1-9-16(24(26)27)10(2)23(22-9)8-15(25)21-17-20-7-13(28-17)5-11-3-4-12(18)6-14(11)19/h3-4,6-7H,5,8H2,1-2H3,(H,20,21,25). The van der Waals surface area contributed by atoms with E-state index in [0.29, 0.717) is 27.3 Å². The second-order valence-corrected chi connectivity index (χ2v) is 7.99. The van der Waals surface area contributed by atoms with Crippen molar-refractivity contribution >= 4 is 51.3 Å². The van der Waals surface area contributed by atoms with Crippen molar-refractivity contribution in [1.29, 1.82) is 0 Å². The van der Waals surface area contributed by atoms with Crippen LogP contribution in [0.3, 0.4) is 0 Å². The van der Waals surface area contributed by atoms with Crippen LogP contribution in [0.4, 0.5) is 10.8 Å².